The second-order valence-corrected chi connectivity index (χ2v) is 7.58. The standard InChI is InChI=1S/C24H33NO2/c1-25-18-7-11-22(25)17-19-27-24-12-6-5-10-21(24)9-4-3-8-20-13-15-23(26-2)16-14-20/h5-6,10,12-16,22H,3-4,7-9,11,17-19H2,1-2H3. The van der Waals surface area contributed by atoms with E-state index in [9.17, 15) is 0 Å². The molecule has 27 heavy (non-hydrogen) atoms. The van der Waals surface area contributed by atoms with Gasteiger partial charge in [-0.3, -0.25) is 0 Å². The van der Waals surface area contributed by atoms with Crippen LogP contribution in [0.3, 0.4) is 0 Å². The molecule has 3 rings (SSSR count). The highest BCUT2D eigenvalue weighted by Gasteiger charge is 2.20. The molecular weight excluding hydrogens is 334 g/mol. The molecular formula is C24H33NO2. The van der Waals surface area contributed by atoms with Crippen LogP contribution in [0.4, 0.5) is 0 Å². The second kappa shape index (κ2) is 10.4. The lowest BCUT2D eigenvalue weighted by Crippen LogP contribution is -2.26. The summed E-state index contributed by atoms with van der Waals surface area (Å²) in [7, 11) is 3.94. The molecule has 1 heterocycles. The van der Waals surface area contributed by atoms with E-state index in [0.29, 0.717) is 6.04 Å². The number of rotatable bonds is 10. The minimum Gasteiger partial charge on any atom is -0.497 e. The van der Waals surface area contributed by atoms with E-state index in [4.69, 9.17) is 9.47 Å². The van der Waals surface area contributed by atoms with Gasteiger partial charge in [-0.2, -0.15) is 0 Å². The van der Waals surface area contributed by atoms with Crippen LogP contribution in [0.25, 0.3) is 0 Å². The quantitative estimate of drug-likeness (QED) is 0.544. The molecule has 1 atom stereocenters. The minimum atomic E-state index is 0.696. The molecule has 1 saturated heterocycles. The summed E-state index contributed by atoms with van der Waals surface area (Å²) < 4.78 is 11.4. The SMILES string of the molecule is COc1ccc(CCCCc2ccccc2OCCC2CCCN2C)cc1. The average Bonchev–Trinajstić information content (AvgIpc) is 3.11. The Labute approximate surface area is 164 Å². The Kier molecular flexibility index (Phi) is 7.58. The van der Waals surface area contributed by atoms with Crippen molar-refractivity contribution in [1.82, 2.24) is 4.90 Å². The molecule has 3 nitrogen and oxygen atoms in total. The van der Waals surface area contributed by atoms with Crippen LogP contribution >= 0.6 is 0 Å². The fraction of sp³-hybridized carbons (Fsp3) is 0.500. The zero-order valence-corrected chi connectivity index (χ0v) is 16.8. The number of methoxy groups -OCH3 is 1. The van der Waals surface area contributed by atoms with E-state index < -0.39 is 0 Å². The Morgan fingerprint density at radius 1 is 1.00 bits per heavy atom. The van der Waals surface area contributed by atoms with Gasteiger partial charge in [0.1, 0.15) is 11.5 Å². The number of likely N-dealkylation sites (tertiary alicyclic amines) is 1. The van der Waals surface area contributed by atoms with Crippen LogP contribution in [0.5, 0.6) is 11.5 Å². The van der Waals surface area contributed by atoms with Crippen LogP contribution in [0.1, 0.15) is 43.2 Å². The molecule has 1 aliphatic rings. The second-order valence-electron chi connectivity index (χ2n) is 7.58. The van der Waals surface area contributed by atoms with Gasteiger partial charge in [0.2, 0.25) is 0 Å². The number of ether oxygens (including phenoxy) is 2. The summed E-state index contributed by atoms with van der Waals surface area (Å²) in [5.74, 6) is 2.00. The van der Waals surface area contributed by atoms with Gasteiger partial charge in [0.15, 0.2) is 0 Å². The molecule has 3 heteroatoms. The fourth-order valence-corrected chi connectivity index (χ4v) is 3.94. The number of unbranched alkanes of at least 4 members (excludes halogenated alkanes) is 1. The van der Waals surface area contributed by atoms with E-state index in [1.807, 2.05) is 12.1 Å². The van der Waals surface area contributed by atoms with Crippen LogP contribution < -0.4 is 9.47 Å². The lowest BCUT2D eigenvalue weighted by molar-refractivity contribution is 0.232. The molecule has 0 aromatic heterocycles. The summed E-state index contributed by atoms with van der Waals surface area (Å²) in [6.07, 6.45) is 8.32. The number of para-hydroxylation sites is 1. The predicted octanol–water partition coefficient (Wildman–Crippen LogP) is 5.12. The summed E-state index contributed by atoms with van der Waals surface area (Å²) in [4.78, 5) is 2.47. The molecule has 1 unspecified atom stereocenters. The Hall–Kier alpha value is -2.00. The monoisotopic (exact) mass is 367 g/mol. The number of nitrogens with zero attached hydrogens (tertiary/aromatic N) is 1. The highest BCUT2D eigenvalue weighted by molar-refractivity contribution is 5.33. The summed E-state index contributed by atoms with van der Waals surface area (Å²) in [6.45, 7) is 2.05. The van der Waals surface area contributed by atoms with E-state index in [1.165, 1.54) is 43.4 Å². The molecule has 2 aromatic rings. The van der Waals surface area contributed by atoms with Crippen molar-refractivity contribution in [3.05, 3.63) is 59.7 Å². The number of aryl methyl sites for hydroxylation is 2. The molecule has 1 fully saturated rings. The molecule has 0 amide bonds. The van der Waals surface area contributed by atoms with E-state index >= 15 is 0 Å². The highest BCUT2D eigenvalue weighted by Crippen LogP contribution is 2.23. The van der Waals surface area contributed by atoms with E-state index in [2.05, 4.69) is 48.3 Å². The Morgan fingerprint density at radius 2 is 1.78 bits per heavy atom. The van der Waals surface area contributed by atoms with Gasteiger partial charge in [0, 0.05) is 6.04 Å². The normalized spacial score (nSPS) is 17.2. The first kappa shape index (κ1) is 19.8. The topological polar surface area (TPSA) is 21.7 Å². The molecule has 0 bridgehead atoms. The molecule has 0 aliphatic carbocycles. The van der Waals surface area contributed by atoms with Crippen molar-refractivity contribution in [3.63, 3.8) is 0 Å². The minimum absolute atomic E-state index is 0.696. The number of benzene rings is 2. The van der Waals surface area contributed by atoms with Crippen LogP contribution in [0.15, 0.2) is 48.5 Å². The third-order valence-electron chi connectivity index (χ3n) is 5.67. The van der Waals surface area contributed by atoms with Crippen molar-refractivity contribution < 1.29 is 9.47 Å². The molecule has 0 saturated carbocycles. The van der Waals surface area contributed by atoms with Gasteiger partial charge in [-0.15, -0.1) is 0 Å². The maximum absolute atomic E-state index is 6.15. The van der Waals surface area contributed by atoms with Gasteiger partial charge >= 0.3 is 0 Å². The van der Waals surface area contributed by atoms with Crippen molar-refractivity contribution in [3.8, 4) is 11.5 Å². The molecule has 0 N–H and O–H groups in total. The van der Waals surface area contributed by atoms with Crippen LogP contribution in [0, 0.1) is 0 Å². The largest absolute Gasteiger partial charge is 0.497 e. The first-order chi connectivity index (χ1) is 13.3. The average molecular weight is 368 g/mol. The Morgan fingerprint density at radius 3 is 2.52 bits per heavy atom. The predicted molar refractivity (Wildman–Crippen MR) is 112 cm³/mol. The third kappa shape index (κ3) is 6.00. The van der Waals surface area contributed by atoms with Crippen molar-refractivity contribution in [2.45, 2.75) is 51.0 Å². The van der Waals surface area contributed by atoms with Gasteiger partial charge in [-0.1, -0.05) is 30.3 Å². The third-order valence-corrected chi connectivity index (χ3v) is 5.67. The number of hydrogen-bond donors (Lipinski definition) is 0. The van der Waals surface area contributed by atoms with Crippen molar-refractivity contribution in [2.24, 2.45) is 0 Å². The maximum atomic E-state index is 6.15. The Balaban J connectivity index is 1.41. The van der Waals surface area contributed by atoms with Gasteiger partial charge in [-0.05, 0) is 87.9 Å². The van der Waals surface area contributed by atoms with Crippen molar-refractivity contribution >= 4 is 0 Å². The lowest BCUT2D eigenvalue weighted by atomic mass is 10.0. The fourth-order valence-electron chi connectivity index (χ4n) is 3.94. The van der Waals surface area contributed by atoms with Crippen LogP contribution in [-0.2, 0) is 12.8 Å². The molecule has 1 aliphatic heterocycles. The highest BCUT2D eigenvalue weighted by atomic mass is 16.5. The van der Waals surface area contributed by atoms with Gasteiger partial charge in [-0.25, -0.2) is 0 Å². The summed E-state index contributed by atoms with van der Waals surface area (Å²) >= 11 is 0. The van der Waals surface area contributed by atoms with E-state index in [0.717, 1.165) is 37.4 Å². The Bertz CT molecular complexity index is 683. The molecule has 0 radical (unpaired) electrons. The van der Waals surface area contributed by atoms with Crippen molar-refractivity contribution in [1.29, 1.82) is 0 Å². The summed E-state index contributed by atoms with van der Waals surface area (Å²) in [5.41, 5.74) is 2.72. The smallest absolute Gasteiger partial charge is 0.122 e. The van der Waals surface area contributed by atoms with E-state index in [-0.39, 0.29) is 0 Å². The first-order valence-corrected chi connectivity index (χ1v) is 10.3. The first-order valence-electron chi connectivity index (χ1n) is 10.3. The summed E-state index contributed by atoms with van der Waals surface area (Å²) in [6, 6.07) is 17.6. The van der Waals surface area contributed by atoms with E-state index in [1.54, 1.807) is 7.11 Å². The summed E-state index contributed by atoms with van der Waals surface area (Å²) in [5, 5.41) is 0. The van der Waals surface area contributed by atoms with Gasteiger partial charge in [0.25, 0.3) is 0 Å². The van der Waals surface area contributed by atoms with Crippen molar-refractivity contribution in [2.75, 3.05) is 27.3 Å². The lowest BCUT2D eigenvalue weighted by Gasteiger charge is -2.20. The van der Waals surface area contributed by atoms with Gasteiger partial charge in [0.05, 0.1) is 13.7 Å². The number of hydrogen-bond acceptors (Lipinski definition) is 3. The zero-order valence-electron chi connectivity index (χ0n) is 16.8. The van der Waals surface area contributed by atoms with Gasteiger partial charge < -0.3 is 14.4 Å². The maximum Gasteiger partial charge on any atom is 0.122 e. The van der Waals surface area contributed by atoms with Crippen LogP contribution in [0.2, 0.25) is 0 Å². The molecule has 2 aromatic carbocycles. The molecule has 146 valence electrons. The van der Waals surface area contributed by atoms with Crippen LogP contribution in [-0.4, -0.2) is 38.3 Å². The zero-order chi connectivity index (χ0) is 18.9. The molecule has 0 spiro atoms.